The van der Waals surface area contributed by atoms with Crippen LogP contribution < -0.4 is 10.6 Å². The number of carbonyl (C=O) groups excluding carboxylic acids is 3. The van der Waals surface area contributed by atoms with Crippen LogP contribution in [0.3, 0.4) is 0 Å². The van der Waals surface area contributed by atoms with Crippen molar-refractivity contribution in [2.45, 2.75) is 43.7 Å². The lowest BCUT2D eigenvalue weighted by Crippen LogP contribution is -2.65. The maximum atomic E-state index is 13.9. The number of carbonyl (C=O) groups is 3. The van der Waals surface area contributed by atoms with E-state index < -0.39 is 58.0 Å². The highest BCUT2D eigenvalue weighted by molar-refractivity contribution is 6.24. The van der Waals surface area contributed by atoms with Crippen LogP contribution in [0.4, 0.5) is 5.69 Å². The van der Waals surface area contributed by atoms with Crippen LogP contribution in [0, 0.1) is 11.8 Å². The number of primary amides is 1. The molecule has 0 spiro atoms. The first-order chi connectivity index (χ1) is 17.0. The van der Waals surface area contributed by atoms with E-state index in [9.17, 15) is 34.8 Å². The largest absolute Gasteiger partial charge is 0.508 e. The lowest BCUT2D eigenvalue weighted by molar-refractivity contribution is -0.153. The van der Waals surface area contributed by atoms with Gasteiger partial charge in [-0.25, -0.2) is 0 Å². The molecule has 1 aliphatic heterocycles. The van der Waals surface area contributed by atoms with Gasteiger partial charge in [-0.1, -0.05) is 0 Å². The Morgan fingerprint density at radius 1 is 1.11 bits per heavy atom. The zero-order valence-corrected chi connectivity index (χ0v) is 20.3. The predicted octanol–water partition coefficient (Wildman–Crippen LogP) is 0.954. The zero-order chi connectivity index (χ0) is 26.1. The smallest absolute Gasteiger partial charge is 0.255 e. The number of hydrogen-bond donors (Lipinski definition) is 5. The van der Waals surface area contributed by atoms with Crippen LogP contribution >= 0.6 is 0 Å². The number of piperidine rings is 1. The summed E-state index contributed by atoms with van der Waals surface area (Å²) in [6, 6.07) is 2.21. The lowest BCUT2D eigenvalue weighted by atomic mass is 9.57. The summed E-state index contributed by atoms with van der Waals surface area (Å²) in [4.78, 5) is 42.8. The molecular formula is C26H31N3O7. The van der Waals surface area contributed by atoms with Crippen molar-refractivity contribution in [3.05, 3.63) is 40.2 Å². The summed E-state index contributed by atoms with van der Waals surface area (Å²) in [5.74, 6) is -6.38. The van der Waals surface area contributed by atoms with Crippen molar-refractivity contribution in [2.24, 2.45) is 17.6 Å². The highest BCUT2D eigenvalue weighted by Crippen LogP contribution is 2.53. The van der Waals surface area contributed by atoms with Gasteiger partial charge in [-0.15, -0.1) is 0 Å². The molecule has 1 saturated heterocycles. The van der Waals surface area contributed by atoms with Crippen molar-refractivity contribution >= 4 is 28.9 Å². The Bertz CT molecular complexity index is 1240. The summed E-state index contributed by atoms with van der Waals surface area (Å²) in [6.07, 6.45) is 3.57. The van der Waals surface area contributed by atoms with Crippen LogP contribution in [0.25, 0.3) is 5.76 Å². The molecule has 10 heteroatoms. The number of benzene rings is 1. The molecule has 192 valence electrons. The van der Waals surface area contributed by atoms with Gasteiger partial charge in [0.15, 0.2) is 11.4 Å². The van der Waals surface area contributed by atoms with Gasteiger partial charge in [-0.3, -0.25) is 19.3 Å². The van der Waals surface area contributed by atoms with E-state index in [-0.39, 0.29) is 23.3 Å². The number of nitrogens with zero attached hydrogens (tertiary/aromatic N) is 2. The molecule has 3 aliphatic carbocycles. The molecule has 36 heavy (non-hydrogen) atoms. The van der Waals surface area contributed by atoms with Crippen molar-refractivity contribution in [3.8, 4) is 5.75 Å². The molecule has 1 amide bonds. The fourth-order valence-electron chi connectivity index (χ4n) is 6.66. The Labute approximate surface area is 208 Å². The highest BCUT2D eigenvalue weighted by atomic mass is 16.3. The van der Waals surface area contributed by atoms with Crippen LogP contribution in [-0.4, -0.2) is 81.6 Å². The molecule has 4 atom stereocenters. The molecule has 0 aromatic heterocycles. The van der Waals surface area contributed by atoms with E-state index in [4.69, 9.17) is 5.73 Å². The molecule has 2 fully saturated rings. The van der Waals surface area contributed by atoms with Gasteiger partial charge in [-0.2, -0.15) is 0 Å². The first-order valence-electron chi connectivity index (χ1n) is 12.2. The van der Waals surface area contributed by atoms with Crippen molar-refractivity contribution < 1.29 is 34.8 Å². The molecule has 0 bridgehead atoms. The second-order valence-corrected chi connectivity index (χ2v) is 10.5. The molecule has 1 saturated carbocycles. The second kappa shape index (κ2) is 8.35. The maximum Gasteiger partial charge on any atom is 0.255 e. The monoisotopic (exact) mass is 497 g/mol. The van der Waals surface area contributed by atoms with Crippen LogP contribution in [-0.2, 0) is 20.8 Å². The van der Waals surface area contributed by atoms with Gasteiger partial charge in [-0.05, 0) is 69.8 Å². The van der Waals surface area contributed by atoms with Gasteiger partial charge < -0.3 is 31.1 Å². The SMILES string of the molecule is CN(C)[C@@H]1C(=O)C(C(N)=O)=C(O)[C@@]2(O)C(=O)C3=C(O)c4c(O)ccc(N5CCCCC5)c4C[C@H]3C[C@@H]12. The number of Topliss-reactive ketones (excluding diaryl/α,β-unsaturated/α-hetero) is 2. The predicted molar refractivity (Wildman–Crippen MR) is 130 cm³/mol. The molecule has 1 heterocycles. The van der Waals surface area contributed by atoms with Gasteiger partial charge in [0.05, 0.1) is 11.6 Å². The number of amides is 1. The minimum absolute atomic E-state index is 0.0842. The summed E-state index contributed by atoms with van der Waals surface area (Å²) in [5, 5.41) is 44.5. The normalized spacial score (nSPS) is 30.3. The van der Waals surface area contributed by atoms with Gasteiger partial charge in [0.25, 0.3) is 5.91 Å². The number of ketones is 2. The van der Waals surface area contributed by atoms with Crippen LogP contribution in [0.15, 0.2) is 29.0 Å². The highest BCUT2D eigenvalue weighted by Gasteiger charge is 2.64. The second-order valence-electron chi connectivity index (χ2n) is 10.5. The third-order valence-corrected chi connectivity index (χ3v) is 8.28. The summed E-state index contributed by atoms with van der Waals surface area (Å²) in [5.41, 5.74) is 3.51. The number of hydrogen-bond acceptors (Lipinski definition) is 9. The van der Waals surface area contributed by atoms with E-state index in [1.165, 1.54) is 11.0 Å². The third kappa shape index (κ3) is 3.20. The number of aliphatic hydroxyl groups excluding tert-OH is 2. The zero-order valence-electron chi connectivity index (χ0n) is 20.3. The van der Waals surface area contributed by atoms with E-state index in [2.05, 4.69) is 4.90 Å². The quantitative estimate of drug-likeness (QED) is 0.382. The topological polar surface area (TPSA) is 165 Å². The Morgan fingerprint density at radius 3 is 2.39 bits per heavy atom. The number of aromatic hydroxyl groups is 1. The molecule has 0 radical (unpaired) electrons. The molecule has 5 rings (SSSR count). The summed E-state index contributed by atoms with van der Waals surface area (Å²) in [6.45, 7) is 1.68. The Hall–Kier alpha value is -3.37. The number of rotatable bonds is 3. The van der Waals surface area contributed by atoms with Gasteiger partial charge >= 0.3 is 0 Å². The summed E-state index contributed by atoms with van der Waals surface area (Å²) >= 11 is 0. The van der Waals surface area contributed by atoms with E-state index in [0.717, 1.165) is 38.0 Å². The van der Waals surface area contributed by atoms with Crippen molar-refractivity contribution in [1.29, 1.82) is 0 Å². The fraction of sp³-hybridized carbons (Fsp3) is 0.500. The van der Waals surface area contributed by atoms with E-state index in [0.29, 0.717) is 12.0 Å². The Balaban J connectivity index is 1.70. The molecular weight excluding hydrogens is 466 g/mol. The Kier molecular flexibility index (Phi) is 5.64. The summed E-state index contributed by atoms with van der Waals surface area (Å²) in [7, 11) is 3.17. The molecule has 1 aromatic carbocycles. The molecule has 4 aliphatic rings. The first kappa shape index (κ1) is 24.3. The first-order valence-corrected chi connectivity index (χ1v) is 12.2. The molecule has 1 aromatic rings. The van der Waals surface area contributed by atoms with Crippen LogP contribution in [0.5, 0.6) is 5.75 Å². The number of nitrogens with two attached hydrogens (primary N) is 1. The Morgan fingerprint density at radius 2 is 1.78 bits per heavy atom. The van der Waals surface area contributed by atoms with Crippen LogP contribution in [0.2, 0.25) is 0 Å². The van der Waals surface area contributed by atoms with Crippen molar-refractivity contribution in [3.63, 3.8) is 0 Å². The standard InChI is InChI=1S/C26H31N3O7/c1-28(2)20-14-11-12-10-13-15(29-8-4-3-5-9-29)6-7-16(30)18(13)21(31)17(12)23(33)26(14,36)24(34)19(22(20)32)25(27)35/h6-7,12,14,20,30-31,34,36H,3-5,8-11H2,1-2H3,(H2,27,35)/t12-,14-,20-,26-/m0/s1. The number of phenolic OH excluding ortho intramolecular Hbond substituents is 1. The number of fused-ring (bicyclic) bond motifs is 3. The molecule has 10 nitrogen and oxygen atoms in total. The third-order valence-electron chi connectivity index (χ3n) is 8.28. The molecule has 0 unspecified atom stereocenters. The minimum Gasteiger partial charge on any atom is -0.508 e. The van der Waals surface area contributed by atoms with Gasteiger partial charge in [0.2, 0.25) is 5.78 Å². The number of anilines is 1. The summed E-state index contributed by atoms with van der Waals surface area (Å²) < 4.78 is 0. The van der Waals surface area contributed by atoms with E-state index in [1.54, 1.807) is 14.1 Å². The maximum absolute atomic E-state index is 13.9. The lowest BCUT2D eigenvalue weighted by Gasteiger charge is -2.50. The number of likely N-dealkylation sites (N-methyl/N-ethyl adjacent to an activating group) is 1. The minimum atomic E-state index is -2.62. The van der Waals surface area contributed by atoms with E-state index in [1.807, 2.05) is 6.07 Å². The van der Waals surface area contributed by atoms with Crippen LogP contribution in [0.1, 0.15) is 36.8 Å². The van der Waals surface area contributed by atoms with Crippen molar-refractivity contribution in [1.82, 2.24) is 4.90 Å². The average Bonchev–Trinajstić information content (AvgIpc) is 2.81. The average molecular weight is 498 g/mol. The molecule has 6 N–H and O–H groups in total. The van der Waals surface area contributed by atoms with Gasteiger partial charge in [0.1, 0.15) is 22.8 Å². The fourth-order valence-corrected chi connectivity index (χ4v) is 6.66. The number of phenols is 1. The van der Waals surface area contributed by atoms with E-state index >= 15 is 0 Å². The van der Waals surface area contributed by atoms with Crippen molar-refractivity contribution in [2.75, 3.05) is 32.1 Å². The van der Waals surface area contributed by atoms with Gasteiger partial charge in [0, 0.05) is 30.3 Å². The number of aliphatic hydroxyl groups is 3.